The number of carbonyl (C=O) groups is 1. The maximum Gasteiger partial charge on any atom is 0.224 e. The second kappa shape index (κ2) is 6.55. The van der Waals surface area contributed by atoms with Crippen molar-refractivity contribution in [2.75, 3.05) is 6.61 Å². The molecule has 0 aromatic heterocycles. The first-order valence-electron chi connectivity index (χ1n) is 7.28. The van der Waals surface area contributed by atoms with Gasteiger partial charge >= 0.3 is 0 Å². The van der Waals surface area contributed by atoms with Crippen molar-refractivity contribution in [1.29, 1.82) is 0 Å². The predicted molar refractivity (Wildman–Crippen MR) is 85.9 cm³/mol. The summed E-state index contributed by atoms with van der Waals surface area (Å²) in [6.07, 6.45) is 2.44. The molecule has 0 heterocycles. The molecule has 5 heteroatoms. The van der Waals surface area contributed by atoms with Gasteiger partial charge in [-0.15, -0.1) is 0 Å². The van der Waals surface area contributed by atoms with Crippen LogP contribution in [-0.2, 0) is 4.79 Å². The Morgan fingerprint density at radius 1 is 1.48 bits per heavy atom. The van der Waals surface area contributed by atoms with Crippen molar-refractivity contribution in [3.63, 3.8) is 0 Å². The third-order valence-electron chi connectivity index (χ3n) is 4.08. The largest absolute Gasteiger partial charge is 0.394 e. The molecular weight excluding hydrogens is 309 g/mol. The van der Waals surface area contributed by atoms with Gasteiger partial charge in [0.05, 0.1) is 22.2 Å². The van der Waals surface area contributed by atoms with Gasteiger partial charge in [0.25, 0.3) is 0 Å². The van der Waals surface area contributed by atoms with Crippen LogP contribution in [0.3, 0.4) is 0 Å². The van der Waals surface area contributed by atoms with E-state index in [0.29, 0.717) is 10.0 Å². The first kappa shape index (κ1) is 16.6. The van der Waals surface area contributed by atoms with Gasteiger partial charge < -0.3 is 10.4 Å². The van der Waals surface area contributed by atoms with E-state index in [0.717, 1.165) is 24.8 Å². The fourth-order valence-electron chi connectivity index (χ4n) is 2.76. The Kier molecular flexibility index (Phi) is 5.18. The van der Waals surface area contributed by atoms with E-state index >= 15 is 0 Å². The first-order valence-corrected chi connectivity index (χ1v) is 8.04. The summed E-state index contributed by atoms with van der Waals surface area (Å²) in [4.78, 5) is 12.3. The summed E-state index contributed by atoms with van der Waals surface area (Å²) in [6, 6.07) is 5.52. The number of nitrogens with one attached hydrogen (secondary N) is 1. The fraction of sp³-hybridized carbons (Fsp3) is 0.562. The molecule has 3 nitrogen and oxygen atoms in total. The number of aliphatic hydroxyl groups is 1. The highest BCUT2D eigenvalue weighted by molar-refractivity contribution is 6.42. The molecular formula is C16H21Cl2NO2. The van der Waals surface area contributed by atoms with Crippen molar-refractivity contribution in [3.8, 4) is 0 Å². The highest BCUT2D eigenvalue weighted by Gasteiger charge is 2.46. The molecule has 2 rings (SSSR count). The van der Waals surface area contributed by atoms with E-state index in [1.807, 2.05) is 26.0 Å². The molecule has 0 unspecified atom stereocenters. The Hall–Kier alpha value is -0.770. The van der Waals surface area contributed by atoms with Gasteiger partial charge in [0.1, 0.15) is 0 Å². The molecule has 0 bridgehead atoms. The molecule has 0 spiro atoms. The topological polar surface area (TPSA) is 49.3 Å². The summed E-state index contributed by atoms with van der Waals surface area (Å²) in [5.41, 5.74) is 0.391. The Morgan fingerprint density at radius 2 is 2.19 bits per heavy atom. The predicted octanol–water partition coefficient (Wildman–Crippen LogP) is 3.76. The summed E-state index contributed by atoms with van der Waals surface area (Å²) in [7, 11) is 0. The normalized spacial score (nSPS) is 23.5. The van der Waals surface area contributed by atoms with Crippen LogP contribution >= 0.6 is 23.2 Å². The summed E-state index contributed by atoms with van der Waals surface area (Å²) >= 11 is 12.2. The van der Waals surface area contributed by atoms with E-state index < -0.39 is 5.54 Å². The number of carbonyl (C=O) groups excluding carboxylic acids is 1. The van der Waals surface area contributed by atoms with E-state index in [-0.39, 0.29) is 24.3 Å². The van der Waals surface area contributed by atoms with Crippen molar-refractivity contribution in [2.45, 2.75) is 44.6 Å². The zero-order valence-electron chi connectivity index (χ0n) is 12.3. The van der Waals surface area contributed by atoms with Crippen molar-refractivity contribution in [1.82, 2.24) is 5.32 Å². The van der Waals surface area contributed by atoms with Gasteiger partial charge in [0.2, 0.25) is 5.91 Å². The van der Waals surface area contributed by atoms with E-state index in [1.165, 1.54) is 0 Å². The van der Waals surface area contributed by atoms with Gasteiger partial charge in [0.15, 0.2) is 0 Å². The standard InChI is InChI=1S/C16H21Cl2NO2/c1-3-7-16(2,9-20)19-15(21)12-8-11(12)10-5-4-6-13(17)14(10)18/h4-6,11-12,20H,3,7-9H2,1-2H3,(H,19,21)/t11-,12-,16+/m0/s1. The lowest BCUT2D eigenvalue weighted by molar-refractivity contribution is -0.124. The van der Waals surface area contributed by atoms with Gasteiger partial charge in [-0.05, 0) is 37.3 Å². The second-order valence-electron chi connectivity index (χ2n) is 6.05. The van der Waals surface area contributed by atoms with Crippen LogP contribution < -0.4 is 5.32 Å². The molecule has 0 saturated heterocycles. The van der Waals surface area contributed by atoms with Gasteiger partial charge in [-0.2, -0.15) is 0 Å². The monoisotopic (exact) mass is 329 g/mol. The third kappa shape index (κ3) is 3.71. The molecule has 2 N–H and O–H groups in total. The van der Waals surface area contributed by atoms with Crippen molar-refractivity contribution in [2.24, 2.45) is 5.92 Å². The number of rotatable bonds is 6. The first-order chi connectivity index (χ1) is 9.91. The van der Waals surface area contributed by atoms with Crippen LogP contribution in [0.1, 0.15) is 44.6 Å². The average molecular weight is 330 g/mol. The molecule has 1 fully saturated rings. The van der Waals surface area contributed by atoms with Crippen molar-refractivity contribution in [3.05, 3.63) is 33.8 Å². The van der Waals surface area contributed by atoms with E-state index in [1.54, 1.807) is 6.07 Å². The van der Waals surface area contributed by atoms with Crippen LogP contribution in [0.25, 0.3) is 0 Å². The molecule has 0 aliphatic heterocycles. The molecule has 116 valence electrons. The molecule has 1 aromatic carbocycles. The van der Waals surface area contributed by atoms with Crippen LogP contribution in [0.15, 0.2) is 18.2 Å². The molecule has 0 radical (unpaired) electrons. The van der Waals surface area contributed by atoms with Gasteiger partial charge in [-0.1, -0.05) is 48.7 Å². The minimum absolute atomic E-state index is 0.0129. The molecule has 21 heavy (non-hydrogen) atoms. The number of amides is 1. The number of halogens is 2. The lowest BCUT2D eigenvalue weighted by Crippen LogP contribution is -2.49. The molecule has 3 atom stereocenters. The Labute approximate surface area is 135 Å². The fourth-order valence-corrected chi connectivity index (χ4v) is 3.21. The highest BCUT2D eigenvalue weighted by atomic mass is 35.5. The SMILES string of the molecule is CCC[C@](C)(CO)NC(=O)[C@H]1C[C@H]1c1cccc(Cl)c1Cl. The van der Waals surface area contributed by atoms with Crippen LogP contribution in [0, 0.1) is 5.92 Å². The molecule has 1 aromatic rings. The quantitative estimate of drug-likeness (QED) is 0.834. The highest BCUT2D eigenvalue weighted by Crippen LogP contribution is 2.50. The maximum absolute atomic E-state index is 12.3. The summed E-state index contributed by atoms with van der Waals surface area (Å²) in [6.45, 7) is 3.85. The van der Waals surface area contributed by atoms with Gasteiger partial charge in [0, 0.05) is 5.92 Å². The van der Waals surface area contributed by atoms with Crippen molar-refractivity contribution >= 4 is 29.1 Å². The zero-order valence-corrected chi connectivity index (χ0v) is 13.8. The number of hydrogen-bond donors (Lipinski definition) is 2. The van der Waals surface area contributed by atoms with Crippen LogP contribution in [-0.4, -0.2) is 23.2 Å². The van der Waals surface area contributed by atoms with E-state index in [9.17, 15) is 9.90 Å². The molecule has 1 amide bonds. The lowest BCUT2D eigenvalue weighted by Gasteiger charge is -2.28. The molecule has 1 aliphatic rings. The third-order valence-corrected chi connectivity index (χ3v) is 4.92. The maximum atomic E-state index is 12.3. The van der Waals surface area contributed by atoms with E-state index in [2.05, 4.69) is 5.32 Å². The zero-order chi connectivity index (χ0) is 15.6. The smallest absolute Gasteiger partial charge is 0.224 e. The van der Waals surface area contributed by atoms with Crippen LogP contribution in [0.4, 0.5) is 0 Å². The minimum atomic E-state index is -0.545. The van der Waals surface area contributed by atoms with Crippen molar-refractivity contribution < 1.29 is 9.90 Å². The number of aliphatic hydroxyl groups excluding tert-OH is 1. The van der Waals surface area contributed by atoms with E-state index in [4.69, 9.17) is 23.2 Å². The van der Waals surface area contributed by atoms with Crippen LogP contribution in [0.2, 0.25) is 10.0 Å². The lowest BCUT2D eigenvalue weighted by atomic mass is 9.96. The van der Waals surface area contributed by atoms with Gasteiger partial charge in [-0.25, -0.2) is 0 Å². The molecule has 1 saturated carbocycles. The number of benzene rings is 1. The average Bonchev–Trinajstić information content (AvgIpc) is 3.22. The second-order valence-corrected chi connectivity index (χ2v) is 6.83. The summed E-state index contributed by atoms with van der Waals surface area (Å²) in [5.74, 6) is 0.0329. The minimum Gasteiger partial charge on any atom is -0.394 e. The van der Waals surface area contributed by atoms with Gasteiger partial charge in [-0.3, -0.25) is 4.79 Å². The summed E-state index contributed by atoms with van der Waals surface area (Å²) < 4.78 is 0. The Balaban J connectivity index is 2.03. The Morgan fingerprint density at radius 3 is 2.81 bits per heavy atom. The number of hydrogen-bond acceptors (Lipinski definition) is 2. The van der Waals surface area contributed by atoms with Crippen LogP contribution in [0.5, 0.6) is 0 Å². The Bertz CT molecular complexity index is 535. The molecule has 1 aliphatic carbocycles. The summed E-state index contributed by atoms with van der Waals surface area (Å²) in [5, 5.41) is 13.5.